The summed E-state index contributed by atoms with van der Waals surface area (Å²) < 4.78 is 5.27. The van der Waals surface area contributed by atoms with Gasteiger partial charge >= 0.3 is 0 Å². The van der Waals surface area contributed by atoms with Crippen LogP contribution >= 0.6 is 0 Å². The van der Waals surface area contributed by atoms with E-state index in [0.717, 1.165) is 25.2 Å². The van der Waals surface area contributed by atoms with Crippen molar-refractivity contribution in [2.75, 3.05) is 6.54 Å². The molecule has 0 saturated carbocycles. The van der Waals surface area contributed by atoms with E-state index in [1.165, 1.54) is 11.1 Å². The minimum atomic E-state index is 0.306. The Kier molecular flexibility index (Phi) is 3.11. The maximum Gasteiger partial charge on any atom is 0.240 e. The monoisotopic (exact) mass is 243 g/mol. The zero-order valence-electron chi connectivity index (χ0n) is 10.5. The Morgan fingerprint density at radius 1 is 1.39 bits per heavy atom. The van der Waals surface area contributed by atoms with Crippen molar-refractivity contribution in [3.05, 3.63) is 47.1 Å². The van der Waals surface area contributed by atoms with Crippen LogP contribution in [0.25, 0.3) is 0 Å². The molecule has 2 aromatic rings. The average molecular weight is 243 g/mol. The van der Waals surface area contributed by atoms with E-state index in [4.69, 9.17) is 4.52 Å². The van der Waals surface area contributed by atoms with Crippen molar-refractivity contribution in [3.63, 3.8) is 0 Å². The molecule has 0 spiro atoms. The molecule has 1 aliphatic rings. The second-order valence-corrected chi connectivity index (χ2v) is 4.62. The van der Waals surface area contributed by atoms with Gasteiger partial charge in [0.1, 0.15) is 0 Å². The van der Waals surface area contributed by atoms with Crippen LogP contribution in [-0.2, 0) is 13.0 Å². The smallest absolute Gasteiger partial charge is 0.240 e. The van der Waals surface area contributed by atoms with Crippen LogP contribution in [0.4, 0.5) is 0 Å². The van der Waals surface area contributed by atoms with Crippen LogP contribution in [0, 0.1) is 0 Å². The summed E-state index contributed by atoms with van der Waals surface area (Å²) in [5, 5.41) is 7.32. The van der Waals surface area contributed by atoms with E-state index in [0.29, 0.717) is 18.4 Å². The van der Waals surface area contributed by atoms with Gasteiger partial charge in [0.25, 0.3) is 0 Å². The fourth-order valence-electron chi connectivity index (χ4n) is 2.54. The van der Waals surface area contributed by atoms with E-state index in [-0.39, 0.29) is 0 Å². The lowest BCUT2D eigenvalue weighted by Crippen LogP contribution is -2.12. The molecule has 0 amide bonds. The lowest BCUT2D eigenvalue weighted by molar-refractivity contribution is 0.362. The van der Waals surface area contributed by atoms with Crippen LogP contribution in [0.3, 0.4) is 0 Å². The lowest BCUT2D eigenvalue weighted by atomic mass is 10.0. The van der Waals surface area contributed by atoms with E-state index in [1.807, 2.05) is 0 Å². The molecule has 1 unspecified atom stereocenters. The molecule has 18 heavy (non-hydrogen) atoms. The number of fused-ring (bicyclic) bond motifs is 1. The summed E-state index contributed by atoms with van der Waals surface area (Å²) in [5.74, 6) is 1.81. The molecule has 4 nitrogen and oxygen atoms in total. The summed E-state index contributed by atoms with van der Waals surface area (Å²) in [6.07, 6.45) is 2.19. The van der Waals surface area contributed by atoms with Crippen molar-refractivity contribution in [1.29, 1.82) is 0 Å². The standard InChI is InChI=1S/C14H17N3O/c1-2-15-9-13-16-14(17-18-13)12-8-7-10-5-3-4-6-11(10)12/h3-6,12,15H,2,7-9H2,1H3. The lowest BCUT2D eigenvalue weighted by Gasteiger charge is -2.05. The van der Waals surface area contributed by atoms with Gasteiger partial charge in [0.2, 0.25) is 5.89 Å². The molecule has 1 aliphatic carbocycles. The highest BCUT2D eigenvalue weighted by molar-refractivity contribution is 5.38. The van der Waals surface area contributed by atoms with E-state index < -0.39 is 0 Å². The summed E-state index contributed by atoms with van der Waals surface area (Å²) >= 11 is 0. The predicted octanol–water partition coefficient (Wildman–Crippen LogP) is 2.26. The van der Waals surface area contributed by atoms with Crippen molar-refractivity contribution in [2.45, 2.75) is 32.2 Å². The van der Waals surface area contributed by atoms with Gasteiger partial charge in [0, 0.05) is 5.92 Å². The van der Waals surface area contributed by atoms with Gasteiger partial charge in [-0.05, 0) is 30.5 Å². The van der Waals surface area contributed by atoms with Gasteiger partial charge in [-0.25, -0.2) is 0 Å². The second kappa shape index (κ2) is 4.90. The molecule has 0 bridgehead atoms. The molecule has 0 radical (unpaired) electrons. The van der Waals surface area contributed by atoms with Crippen LogP contribution < -0.4 is 5.32 Å². The number of rotatable bonds is 4. The highest BCUT2D eigenvalue weighted by atomic mass is 16.5. The largest absolute Gasteiger partial charge is 0.338 e. The van der Waals surface area contributed by atoms with Crippen molar-refractivity contribution in [1.82, 2.24) is 15.5 Å². The summed E-state index contributed by atoms with van der Waals surface area (Å²) in [5.41, 5.74) is 2.77. The fraction of sp³-hybridized carbons (Fsp3) is 0.429. The maximum absolute atomic E-state index is 5.27. The van der Waals surface area contributed by atoms with Crippen molar-refractivity contribution in [2.24, 2.45) is 0 Å². The Morgan fingerprint density at radius 3 is 3.17 bits per heavy atom. The summed E-state index contributed by atoms with van der Waals surface area (Å²) in [6.45, 7) is 3.62. The molecule has 1 atom stereocenters. The third-order valence-corrected chi connectivity index (χ3v) is 3.45. The molecule has 4 heteroatoms. The Hall–Kier alpha value is -1.68. The van der Waals surface area contributed by atoms with Crippen LogP contribution in [0.2, 0.25) is 0 Å². The Labute approximate surface area is 106 Å². The molecule has 3 rings (SSSR count). The zero-order chi connectivity index (χ0) is 12.4. The van der Waals surface area contributed by atoms with Crippen LogP contribution in [0.1, 0.15) is 42.1 Å². The Balaban J connectivity index is 1.82. The zero-order valence-corrected chi connectivity index (χ0v) is 10.5. The normalized spacial score (nSPS) is 17.9. The summed E-state index contributed by atoms with van der Waals surface area (Å²) in [7, 11) is 0. The first-order valence-corrected chi connectivity index (χ1v) is 6.49. The minimum Gasteiger partial charge on any atom is -0.338 e. The molecule has 94 valence electrons. The van der Waals surface area contributed by atoms with E-state index >= 15 is 0 Å². The summed E-state index contributed by atoms with van der Waals surface area (Å²) in [4.78, 5) is 4.49. The number of hydrogen-bond acceptors (Lipinski definition) is 4. The fourth-order valence-corrected chi connectivity index (χ4v) is 2.54. The molecule has 1 aromatic carbocycles. The van der Waals surface area contributed by atoms with Crippen molar-refractivity contribution >= 4 is 0 Å². The van der Waals surface area contributed by atoms with Gasteiger partial charge < -0.3 is 9.84 Å². The third-order valence-electron chi connectivity index (χ3n) is 3.45. The van der Waals surface area contributed by atoms with E-state index in [1.54, 1.807) is 0 Å². The average Bonchev–Trinajstić information content (AvgIpc) is 3.02. The molecule has 0 saturated heterocycles. The third kappa shape index (κ3) is 2.04. The SMILES string of the molecule is CCNCc1nc(C2CCc3ccccc32)no1. The molecule has 1 heterocycles. The quantitative estimate of drug-likeness (QED) is 0.895. The van der Waals surface area contributed by atoms with E-state index in [9.17, 15) is 0 Å². The first-order chi connectivity index (χ1) is 8.88. The Bertz CT molecular complexity index is 535. The highest BCUT2D eigenvalue weighted by Crippen LogP contribution is 2.36. The van der Waals surface area contributed by atoms with Crippen LogP contribution in [-0.4, -0.2) is 16.7 Å². The first kappa shape index (κ1) is 11.4. The van der Waals surface area contributed by atoms with Crippen molar-refractivity contribution < 1.29 is 4.52 Å². The van der Waals surface area contributed by atoms with E-state index in [2.05, 4.69) is 46.6 Å². The maximum atomic E-state index is 5.27. The van der Waals surface area contributed by atoms with Crippen LogP contribution in [0.5, 0.6) is 0 Å². The molecule has 0 fully saturated rings. The number of aryl methyl sites for hydroxylation is 1. The number of nitrogens with zero attached hydrogens (tertiary/aromatic N) is 2. The Morgan fingerprint density at radius 2 is 2.28 bits per heavy atom. The van der Waals surface area contributed by atoms with Gasteiger partial charge in [-0.2, -0.15) is 4.98 Å². The summed E-state index contributed by atoms with van der Waals surface area (Å²) in [6, 6.07) is 8.53. The molecule has 1 N–H and O–H groups in total. The molecular weight excluding hydrogens is 226 g/mol. The minimum absolute atomic E-state index is 0.306. The number of aromatic nitrogens is 2. The van der Waals surface area contributed by atoms with Crippen LogP contribution in [0.15, 0.2) is 28.8 Å². The van der Waals surface area contributed by atoms with Gasteiger partial charge in [0.05, 0.1) is 6.54 Å². The first-order valence-electron chi connectivity index (χ1n) is 6.49. The molecule has 1 aromatic heterocycles. The van der Waals surface area contributed by atoms with Crippen molar-refractivity contribution in [3.8, 4) is 0 Å². The number of benzene rings is 1. The predicted molar refractivity (Wildman–Crippen MR) is 68.3 cm³/mol. The number of hydrogen-bond donors (Lipinski definition) is 1. The topological polar surface area (TPSA) is 51.0 Å². The van der Waals surface area contributed by atoms with Gasteiger partial charge in [-0.15, -0.1) is 0 Å². The molecule has 0 aliphatic heterocycles. The molecular formula is C14H17N3O. The van der Waals surface area contributed by atoms with Gasteiger partial charge in [-0.1, -0.05) is 36.3 Å². The highest BCUT2D eigenvalue weighted by Gasteiger charge is 2.27. The van der Waals surface area contributed by atoms with Gasteiger partial charge in [-0.3, -0.25) is 0 Å². The second-order valence-electron chi connectivity index (χ2n) is 4.62. The van der Waals surface area contributed by atoms with Gasteiger partial charge in [0.15, 0.2) is 5.82 Å². The number of nitrogens with one attached hydrogen (secondary N) is 1.